The molecule has 3 aromatic heterocycles. The molecule has 0 spiro atoms. The summed E-state index contributed by atoms with van der Waals surface area (Å²) in [5.41, 5.74) is 10.2. The molecule has 7 nitrogen and oxygen atoms in total. The average molecular weight is 936 g/mol. The van der Waals surface area contributed by atoms with Crippen molar-refractivity contribution in [1.82, 2.24) is 13.4 Å². The number of rotatable bonds is 12. The third-order valence-corrected chi connectivity index (χ3v) is 15.1. The van der Waals surface area contributed by atoms with Gasteiger partial charge in [-0.15, -0.1) is 0 Å². The summed E-state index contributed by atoms with van der Waals surface area (Å²) in [5, 5.41) is 0. The highest BCUT2D eigenvalue weighted by molar-refractivity contribution is 6.59. The summed E-state index contributed by atoms with van der Waals surface area (Å²) in [6, 6.07) is 21.5. The Bertz CT molecular complexity index is 3370. The van der Waals surface area contributed by atoms with E-state index in [1.165, 1.54) is 8.97 Å². The topological polar surface area (TPSA) is 33.0 Å². The lowest BCUT2D eigenvalue weighted by Crippen LogP contribution is -2.50. The second-order valence-electron chi connectivity index (χ2n) is 19.5. The molecule has 6 aliphatic rings. The summed E-state index contributed by atoms with van der Waals surface area (Å²) in [4.78, 5) is 0. The number of allylic oxidation sites excluding steroid dienone is 6. The number of halogens is 6. The Hall–Kier alpha value is -6.70. The number of hydrogen-bond acceptors (Lipinski definition) is 1. The monoisotopic (exact) mass is 936 g/mol. The van der Waals surface area contributed by atoms with Crippen molar-refractivity contribution in [3.8, 4) is 28.3 Å². The molecule has 352 valence electrons. The average Bonchev–Trinajstić information content (AvgIpc) is 4.17. The van der Waals surface area contributed by atoms with Gasteiger partial charge in [0.15, 0.2) is 17.1 Å². The number of aromatic nitrogens is 3. The van der Waals surface area contributed by atoms with E-state index in [2.05, 4.69) is 0 Å². The molecule has 0 aliphatic carbocycles. The van der Waals surface area contributed by atoms with Gasteiger partial charge < -0.3 is 57.5 Å². The molecule has 0 saturated heterocycles. The highest BCUT2D eigenvalue weighted by Crippen LogP contribution is 2.44. The Morgan fingerprint density at radius 1 is 0.609 bits per heavy atom. The lowest BCUT2D eigenvalue weighted by molar-refractivity contribution is -0.363. The van der Waals surface area contributed by atoms with Crippen molar-refractivity contribution in [2.24, 2.45) is 0 Å². The number of hydrogen-bond donors (Lipinski definition) is 0. The fourth-order valence-corrected chi connectivity index (χ4v) is 12.0. The molecule has 0 N–H and O–H groups in total. The Labute approximate surface area is 398 Å². The maximum atomic E-state index is 17.4. The molecule has 6 aliphatic heterocycles. The quantitative estimate of drug-likeness (QED) is 0.0906. The molecule has 2 aromatic carbocycles. The van der Waals surface area contributed by atoms with Gasteiger partial charge in [-0.1, -0.05) is 33.3 Å². The standard InChI is InChI=1S/C53H53B3F6N6O/c1-8-10-41-14-15-43-30-44-18-23-51(67(44)56(61,62)65(41)43)40-27-37(26-39(29-40)33(3)25-42-16-17-45-31-52-34(4)24-35(5)63(52)54(57,58)66(42)45)28-49-48(11-9-2)36(6)64-53(49)32-46-19-22-50(68(46)55(64,59)60)38-12-20-47(69-7)21-13-38/h12-24,26-27,29-33H,8-11,25,28H2,1-7H3. The molecule has 1 atom stereocenters. The van der Waals surface area contributed by atoms with Crippen molar-refractivity contribution >= 4 is 56.3 Å². The number of benzene rings is 2. The zero-order valence-corrected chi connectivity index (χ0v) is 39.9. The van der Waals surface area contributed by atoms with Crippen LogP contribution >= 0.6 is 0 Å². The Balaban J connectivity index is 1.04. The van der Waals surface area contributed by atoms with Crippen molar-refractivity contribution < 1.29 is 44.1 Å². The lowest BCUT2D eigenvalue weighted by atomic mass is 9.85. The van der Waals surface area contributed by atoms with Gasteiger partial charge in [0.2, 0.25) is 0 Å². The van der Waals surface area contributed by atoms with Gasteiger partial charge in [0, 0.05) is 108 Å². The van der Waals surface area contributed by atoms with Gasteiger partial charge >= 0.3 is 20.9 Å². The van der Waals surface area contributed by atoms with E-state index in [-0.39, 0.29) is 18.8 Å². The summed E-state index contributed by atoms with van der Waals surface area (Å²) in [5.74, 6) is 0.265. The van der Waals surface area contributed by atoms with Crippen LogP contribution in [0.2, 0.25) is 0 Å². The maximum Gasteiger partial charge on any atom is 0.737 e. The zero-order chi connectivity index (χ0) is 48.5. The lowest BCUT2D eigenvalue weighted by Gasteiger charge is -2.31. The first kappa shape index (κ1) is 44.8. The van der Waals surface area contributed by atoms with Crippen LogP contribution in [-0.2, 0) is 6.42 Å². The highest BCUT2D eigenvalue weighted by Gasteiger charge is 2.56. The van der Waals surface area contributed by atoms with E-state index >= 15 is 25.9 Å². The molecule has 0 saturated carbocycles. The minimum atomic E-state index is -4.37. The Kier molecular flexibility index (Phi) is 10.3. The van der Waals surface area contributed by atoms with Crippen LogP contribution in [-0.4, -0.2) is 72.0 Å². The van der Waals surface area contributed by atoms with Gasteiger partial charge in [-0.25, -0.2) is 0 Å². The second kappa shape index (κ2) is 15.9. The first-order valence-electron chi connectivity index (χ1n) is 24.1. The van der Waals surface area contributed by atoms with Crippen molar-refractivity contribution in [2.45, 2.75) is 86.0 Å². The first-order chi connectivity index (χ1) is 33.0. The fraction of sp³-hybridized carbons (Fsp3) is 0.264. The minimum absolute atomic E-state index is 0.230. The number of methoxy groups -OCH3 is 1. The van der Waals surface area contributed by atoms with E-state index in [9.17, 15) is 0 Å². The van der Waals surface area contributed by atoms with Crippen molar-refractivity contribution in [2.75, 3.05) is 7.11 Å². The van der Waals surface area contributed by atoms with E-state index in [0.717, 1.165) is 45.8 Å². The summed E-state index contributed by atoms with van der Waals surface area (Å²) >= 11 is 0. The van der Waals surface area contributed by atoms with Crippen LogP contribution in [0, 0.1) is 13.8 Å². The Morgan fingerprint density at radius 3 is 1.90 bits per heavy atom. The van der Waals surface area contributed by atoms with Crippen LogP contribution in [0.25, 0.3) is 40.7 Å². The molecule has 9 heterocycles. The number of fused-ring (bicyclic) bond motifs is 6. The smallest absolute Gasteiger partial charge is 0.497 e. The minimum Gasteiger partial charge on any atom is -0.497 e. The van der Waals surface area contributed by atoms with E-state index in [0.29, 0.717) is 111 Å². The van der Waals surface area contributed by atoms with Crippen LogP contribution in [0.5, 0.6) is 5.75 Å². The molecule has 1 unspecified atom stereocenters. The third kappa shape index (κ3) is 6.71. The summed E-state index contributed by atoms with van der Waals surface area (Å²) in [6.45, 7) is -1.65. The number of aryl methyl sites for hydroxylation is 2. The highest BCUT2D eigenvalue weighted by atomic mass is 19.3. The molecule has 0 bridgehead atoms. The second-order valence-corrected chi connectivity index (χ2v) is 19.5. The zero-order valence-electron chi connectivity index (χ0n) is 39.9. The van der Waals surface area contributed by atoms with E-state index < -0.39 is 20.9 Å². The van der Waals surface area contributed by atoms with Crippen molar-refractivity contribution in [3.05, 3.63) is 165 Å². The molecule has 5 aromatic rings. The predicted molar refractivity (Wildman–Crippen MR) is 268 cm³/mol. The third-order valence-electron chi connectivity index (χ3n) is 15.1. The van der Waals surface area contributed by atoms with Gasteiger partial charge in [-0.05, 0) is 133 Å². The SMILES string of the molecule is CCCC1=C(Cc2cc(-c3ccc4n3[B-](F)(F)[N+]3=C(CCC)C=CC3=C4)cc(C(C)CC3=[N+]4C(=Cc5c(C)cc(C)n5[B-]4(F)F)C=C3)c2)C2=Cc3ccc(-c4ccc(OC)cc4)n3[B-](F)(F)[N+]2=C1C. The van der Waals surface area contributed by atoms with Gasteiger partial charge in [-0.3, -0.25) is 0 Å². The molecular formula is C53H53B3F6N6O. The van der Waals surface area contributed by atoms with Crippen molar-refractivity contribution in [1.29, 1.82) is 0 Å². The molecule has 69 heavy (non-hydrogen) atoms. The normalized spacial score (nSPS) is 19.3. The number of ether oxygens (including phenoxy) is 1. The maximum absolute atomic E-state index is 17.4. The van der Waals surface area contributed by atoms with Gasteiger partial charge in [0.1, 0.15) is 22.9 Å². The predicted octanol–water partition coefficient (Wildman–Crippen LogP) is 12.6. The Morgan fingerprint density at radius 2 is 1.22 bits per heavy atom. The van der Waals surface area contributed by atoms with E-state index in [4.69, 9.17) is 4.74 Å². The molecule has 16 heteroatoms. The van der Waals surface area contributed by atoms with Crippen LogP contribution in [0.4, 0.5) is 25.9 Å². The first-order valence-corrected chi connectivity index (χ1v) is 24.1. The van der Waals surface area contributed by atoms with Crippen LogP contribution in [0.1, 0.15) is 105 Å². The summed E-state index contributed by atoms with van der Waals surface area (Å²) in [7, 11) is 1.56. The summed E-state index contributed by atoms with van der Waals surface area (Å²) < 4.78 is 115. The van der Waals surface area contributed by atoms with Gasteiger partial charge in [0.05, 0.1) is 7.11 Å². The van der Waals surface area contributed by atoms with Crippen LogP contribution in [0.15, 0.2) is 125 Å². The molecule has 0 fully saturated rings. The molecular weight excluding hydrogens is 883 g/mol. The van der Waals surface area contributed by atoms with Gasteiger partial charge in [0.25, 0.3) is 0 Å². The summed E-state index contributed by atoms with van der Waals surface area (Å²) in [6.07, 6.45) is 15.3. The van der Waals surface area contributed by atoms with Gasteiger partial charge in [-0.2, -0.15) is 0 Å². The van der Waals surface area contributed by atoms with E-state index in [1.54, 1.807) is 112 Å². The van der Waals surface area contributed by atoms with Crippen LogP contribution in [0.3, 0.4) is 0 Å². The fourth-order valence-electron chi connectivity index (χ4n) is 12.0. The molecule has 11 rings (SSSR count). The van der Waals surface area contributed by atoms with Crippen molar-refractivity contribution in [3.63, 3.8) is 0 Å². The molecule has 0 radical (unpaired) electrons. The van der Waals surface area contributed by atoms with Crippen LogP contribution < -0.4 is 4.74 Å². The van der Waals surface area contributed by atoms with E-state index in [1.807, 2.05) is 52.0 Å². The number of nitrogens with zero attached hydrogens (tertiary/aromatic N) is 6. The largest absolute Gasteiger partial charge is 0.737 e. The molecule has 0 amide bonds.